The molecular weight excluding hydrogens is 371 g/mol. The Hall–Kier alpha value is -0.120. The molecule has 0 heterocycles. The smallest absolute Gasteiger partial charge is 0.191 e. The van der Waals surface area contributed by atoms with Gasteiger partial charge in [-0.3, -0.25) is 9.89 Å². The first-order valence-corrected chi connectivity index (χ1v) is 6.98. The van der Waals surface area contributed by atoms with Gasteiger partial charge in [-0.15, -0.1) is 24.0 Å². The molecule has 120 valence electrons. The molecule has 0 aromatic rings. The molecule has 1 rings (SSSR count). The van der Waals surface area contributed by atoms with Gasteiger partial charge in [0.2, 0.25) is 0 Å². The minimum absolute atomic E-state index is 0. The van der Waals surface area contributed by atoms with Crippen molar-refractivity contribution in [2.24, 2.45) is 4.99 Å². The third-order valence-corrected chi connectivity index (χ3v) is 3.16. The molecule has 1 aliphatic carbocycles. The Balaban J connectivity index is 0.00000361. The summed E-state index contributed by atoms with van der Waals surface area (Å²) in [6, 6.07) is 0.764. The third kappa shape index (κ3) is 8.93. The van der Waals surface area contributed by atoms with Crippen LogP contribution in [0.1, 0.15) is 12.8 Å². The maximum absolute atomic E-state index is 5.15. The second-order valence-corrected chi connectivity index (χ2v) is 4.68. The van der Waals surface area contributed by atoms with Gasteiger partial charge in [0.25, 0.3) is 0 Å². The molecule has 1 aliphatic rings. The molecule has 2 N–H and O–H groups in total. The van der Waals surface area contributed by atoms with E-state index < -0.39 is 0 Å². The van der Waals surface area contributed by atoms with Crippen molar-refractivity contribution >= 4 is 29.9 Å². The second-order valence-electron chi connectivity index (χ2n) is 4.68. The summed E-state index contributed by atoms with van der Waals surface area (Å²) in [6.45, 7) is 5.19. The van der Waals surface area contributed by atoms with E-state index >= 15 is 0 Å². The Morgan fingerprint density at radius 3 is 2.30 bits per heavy atom. The molecular formula is C13H29IN4O2. The maximum Gasteiger partial charge on any atom is 0.191 e. The summed E-state index contributed by atoms with van der Waals surface area (Å²) in [5.74, 6) is 0.833. The lowest BCUT2D eigenvalue weighted by molar-refractivity contribution is 0.144. The lowest BCUT2D eigenvalue weighted by atomic mass is 10.4. The Bertz CT molecular complexity index is 263. The quantitative estimate of drug-likeness (QED) is 0.243. The number of guanidine groups is 1. The number of aliphatic imine (C=N–C) groups is 1. The number of nitrogens with one attached hydrogen (secondary N) is 2. The van der Waals surface area contributed by atoms with E-state index in [1.54, 1.807) is 21.3 Å². The van der Waals surface area contributed by atoms with Crippen LogP contribution in [0, 0.1) is 0 Å². The highest BCUT2D eigenvalue weighted by Gasteiger charge is 2.28. The highest BCUT2D eigenvalue weighted by atomic mass is 127. The van der Waals surface area contributed by atoms with Crippen molar-refractivity contribution in [3.05, 3.63) is 0 Å². The van der Waals surface area contributed by atoms with E-state index in [0.717, 1.165) is 44.8 Å². The molecule has 0 amide bonds. The van der Waals surface area contributed by atoms with Gasteiger partial charge in [0.05, 0.1) is 13.2 Å². The van der Waals surface area contributed by atoms with Gasteiger partial charge in [-0.05, 0) is 12.8 Å². The van der Waals surface area contributed by atoms with Crippen LogP contribution in [0.2, 0.25) is 0 Å². The van der Waals surface area contributed by atoms with E-state index in [2.05, 4.69) is 20.5 Å². The topological polar surface area (TPSA) is 58.1 Å². The first kappa shape index (κ1) is 19.9. The van der Waals surface area contributed by atoms with E-state index in [9.17, 15) is 0 Å². The normalized spacial score (nSPS) is 15.1. The van der Waals surface area contributed by atoms with Crippen molar-refractivity contribution in [3.63, 3.8) is 0 Å². The zero-order chi connectivity index (χ0) is 13.9. The van der Waals surface area contributed by atoms with Crippen molar-refractivity contribution in [3.8, 4) is 0 Å². The highest BCUT2D eigenvalue weighted by molar-refractivity contribution is 14.0. The molecule has 6 nitrogen and oxygen atoms in total. The van der Waals surface area contributed by atoms with E-state index in [0.29, 0.717) is 6.61 Å². The summed E-state index contributed by atoms with van der Waals surface area (Å²) < 4.78 is 10.1. The van der Waals surface area contributed by atoms with Gasteiger partial charge in [-0.1, -0.05) is 0 Å². The molecule has 0 spiro atoms. The van der Waals surface area contributed by atoms with Gasteiger partial charge in [0.1, 0.15) is 0 Å². The number of halogens is 1. The molecule has 0 bridgehead atoms. The zero-order valence-corrected chi connectivity index (χ0v) is 15.2. The SMILES string of the molecule is CN=C(NCCOC)NCCN(CCOC)C1CC1.I. The molecule has 1 fully saturated rings. The first-order chi connectivity index (χ1) is 9.31. The van der Waals surface area contributed by atoms with Crippen LogP contribution in [0.4, 0.5) is 0 Å². The molecule has 0 aromatic carbocycles. The van der Waals surface area contributed by atoms with Crippen molar-refractivity contribution in [1.82, 2.24) is 15.5 Å². The number of hydrogen-bond acceptors (Lipinski definition) is 4. The largest absolute Gasteiger partial charge is 0.383 e. The summed E-state index contributed by atoms with van der Waals surface area (Å²) in [5, 5.41) is 6.52. The molecule has 0 aliphatic heterocycles. The fourth-order valence-electron chi connectivity index (χ4n) is 1.94. The maximum atomic E-state index is 5.15. The highest BCUT2D eigenvalue weighted by Crippen LogP contribution is 2.25. The lowest BCUT2D eigenvalue weighted by Crippen LogP contribution is -2.43. The van der Waals surface area contributed by atoms with Crippen LogP contribution in [0.5, 0.6) is 0 Å². The van der Waals surface area contributed by atoms with Crippen molar-refractivity contribution in [1.29, 1.82) is 0 Å². The molecule has 0 unspecified atom stereocenters. The molecule has 7 heteroatoms. The fraction of sp³-hybridized carbons (Fsp3) is 0.923. The molecule has 20 heavy (non-hydrogen) atoms. The molecule has 1 saturated carbocycles. The van der Waals surface area contributed by atoms with Gasteiger partial charge in [0.15, 0.2) is 5.96 Å². The van der Waals surface area contributed by atoms with Crippen LogP contribution in [0.25, 0.3) is 0 Å². The van der Waals surface area contributed by atoms with Gasteiger partial charge in [-0.2, -0.15) is 0 Å². The average Bonchev–Trinajstić information content (AvgIpc) is 3.25. The van der Waals surface area contributed by atoms with E-state index in [4.69, 9.17) is 9.47 Å². The second kappa shape index (κ2) is 12.6. The van der Waals surface area contributed by atoms with Crippen molar-refractivity contribution in [2.75, 3.05) is 60.7 Å². The summed E-state index contributed by atoms with van der Waals surface area (Å²) in [7, 11) is 5.23. The minimum atomic E-state index is 0. The van der Waals surface area contributed by atoms with Crippen molar-refractivity contribution in [2.45, 2.75) is 18.9 Å². The Labute approximate surface area is 139 Å². The number of rotatable bonds is 10. The van der Waals surface area contributed by atoms with E-state index in [-0.39, 0.29) is 24.0 Å². The van der Waals surface area contributed by atoms with Crippen LogP contribution in [-0.4, -0.2) is 77.6 Å². The number of methoxy groups -OCH3 is 2. The van der Waals surface area contributed by atoms with Crippen LogP contribution in [0.3, 0.4) is 0 Å². The third-order valence-electron chi connectivity index (χ3n) is 3.16. The minimum Gasteiger partial charge on any atom is -0.383 e. The van der Waals surface area contributed by atoms with Gasteiger partial charge in [0, 0.05) is 53.5 Å². The number of nitrogens with zero attached hydrogens (tertiary/aromatic N) is 2. The lowest BCUT2D eigenvalue weighted by Gasteiger charge is -2.22. The Kier molecular flexibility index (Phi) is 12.5. The van der Waals surface area contributed by atoms with Crippen molar-refractivity contribution < 1.29 is 9.47 Å². The van der Waals surface area contributed by atoms with Crippen LogP contribution >= 0.6 is 24.0 Å². The number of hydrogen-bond donors (Lipinski definition) is 2. The summed E-state index contributed by atoms with van der Waals surface area (Å²) >= 11 is 0. The predicted octanol–water partition coefficient (Wildman–Crippen LogP) is 0.527. The fourth-order valence-corrected chi connectivity index (χ4v) is 1.94. The summed E-state index contributed by atoms with van der Waals surface area (Å²) in [5.41, 5.74) is 0. The predicted molar refractivity (Wildman–Crippen MR) is 93.1 cm³/mol. The molecule has 0 atom stereocenters. The molecule has 0 saturated heterocycles. The first-order valence-electron chi connectivity index (χ1n) is 6.98. The molecule has 0 aromatic heterocycles. The average molecular weight is 400 g/mol. The van der Waals surface area contributed by atoms with Gasteiger partial charge >= 0.3 is 0 Å². The van der Waals surface area contributed by atoms with Crippen LogP contribution < -0.4 is 10.6 Å². The zero-order valence-electron chi connectivity index (χ0n) is 12.9. The molecule has 0 radical (unpaired) electrons. The standard InChI is InChI=1S/C13H28N4O2.HI/c1-14-13(16-7-10-18-2)15-6-8-17(9-11-19-3)12-4-5-12;/h12H,4-11H2,1-3H3,(H2,14,15,16);1H. The van der Waals surface area contributed by atoms with Crippen LogP contribution in [-0.2, 0) is 9.47 Å². The van der Waals surface area contributed by atoms with E-state index in [1.165, 1.54) is 12.8 Å². The van der Waals surface area contributed by atoms with Crippen LogP contribution in [0.15, 0.2) is 4.99 Å². The van der Waals surface area contributed by atoms with E-state index in [1.807, 2.05) is 0 Å². The monoisotopic (exact) mass is 400 g/mol. The summed E-state index contributed by atoms with van der Waals surface area (Å²) in [4.78, 5) is 6.66. The number of ether oxygens (including phenoxy) is 2. The summed E-state index contributed by atoms with van der Waals surface area (Å²) in [6.07, 6.45) is 2.65. The van der Waals surface area contributed by atoms with Gasteiger partial charge in [-0.25, -0.2) is 0 Å². The van der Waals surface area contributed by atoms with Gasteiger partial charge < -0.3 is 20.1 Å². The Morgan fingerprint density at radius 1 is 1.10 bits per heavy atom. The Morgan fingerprint density at radius 2 is 1.75 bits per heavy atom.